The van der Waals surface area contributed by atoms with E-state index in [-0.39, 0.29) is 5.69 Å². The molecule has 1 N–H and O–H groups in total. The minimum absolute atomic E-state index is 0.0343. The van der Waals surface area contributed by atoms with E-state index < -0.39 is 4.92 Å². The molecule has 31 heavy (non-hydrogen) atoms. The highest BCUT2D eigenvalue weighted by Gasteiger charge is 2.04. The lowest BCUT2D eigenvalue weighted by Crippen LogP contribution is -2.10. The second kappa shape index (κ2) is 10.8. The number of para-hydroxylation sites is 1. The number of nitro groups is 1. The van der Waals surface area contributed by atoms with E-state index in [0.717, 1.165) is 17.7 Å². The molecule has 0 saturated heterocycles. The summed E-state index contributed by atoms with van der Waals surface area (Å²) in [5.41, 5.74) is 6.78. The van der Waals surface area contributed by atoms with E-state index in [0.29, 0.717) is 24.7 Å². The van der Waals surface area contributed by atoms with Gasteiger partial charge in [0.25, 0.3) is 5.69 Å². The smallest absolute Gasteiger partial charge is 0.269 e. The zero-order valence-corrected chi connectivity index (χ0v) is 17.6. The van der Waals surface area contributed by atoms with E-state index in [2.05, 4.69) is 36.5 Å². The number of ether oxygens (including phenoxy) is 2. The van der Waals surface area contributed by atoms with Gasteiger partial charge in [-0.3, -0.25) is 15.5 Å². The molecule has 0 amide bonds. The number of hydrogen-bond donors (Lipinski definition) is 1. The number of hydrogen-bond acceptors (Lipinski definition) is 6. The number of nitro benzene ring substituents is 1. The Hall–Kier alpha value is -3.87. The van der Waals surface area contributed by atoms with Gasteiger partial charge in [-0.1, -0.05) is 25.1 Å². The molecule has 0 bridgehead atoms. The highest BCUT2D eigenvalue weighted by molar-refractivity contribution is 5.84. The van der Waals surface area contributed by atoms with Gasteiger partial charge in [0.1, 0.15) is 24.7 Å². The molecule has 0 aliphatic carbocycles. The quantitative estimate of drug-likeness (QED) is 0.207. The predicted octanol–water partition coefficient (Wildman–Crippen LogP) is 5.37. The summed E-state index contributed by atoms with van der Waals surface area (Å²) in [4.78, 5) is 10.3. The Bertz CT molecular complexity index is 1050. The number of anilines is 1. The molecule has 3 rings (SSSR count). The molecule has 0 atom stereocenters. The van der Waals surface area contributed by atoms with Crippen LogP contribution in [0.25, 0.3) is 0 Å². The lowest BCUT2D eigenvalue weighted by Gasteiger charge is -2.11. The molecule has 0 radical (unpaired) electrons. The Kier molecular flexibility index (Phi) is 7.59. The van der Waals surface area contributed by atoms with Crippen LogP contribution in [0, 0.1) is 17.0 Å². The third-order valence-electron chi connectivity index (χ3n) is 4.52. The maximum atomic E-state index is 10.7. The van der Waals surface area contributed by atoms with Gasteiger partial charge in [-0.15, -0.1) is 0 Å². The molecule has 3 aromatic rings. The lowest BCUT2D eigenvalue weighted by molar-refractivity contribution is -0.384. The number of non-ortho nitro benzene ring substituents is 1. The van der Waals surface area contributed by atoms with Crippen molar-refractivity contribution in [2.45, 2.75) is 20.3 Å². The van der Waals surface area contributed by atoms with E-state index in [1.807, 2.05) is 30.3 Å². The fraction of sp³-hybridized carbons (Fsp3) is 0.208. The lowest BCUT2D eigenvalue weighted by atomic mass is 10.1. The summed E-state index contributed by atoms with van der Waals surface area (Å²) in [6.07, 6.45) is 2.61. The highest BCUT2D eigenvalue weighted by atomic mass is 16.6. The van der Waals surface area contributed by atoms with E-state index in [9.17, 15) is 10.1 Å². The second-order valence-corrected chi connectivity index (χ2v) is 6.92. The monoisotopic (exact) mass is 419 g/mol. The molecule has 0 aliphatic heterocycles. The molecule has 7 heteroatoms. The van der Waals surface area contributed by atoms with Gasteiger partial charge in [-0.25, -0.2) is 0 Å². The van der Waals surface area contributed by atoms with E-state index in [1.54, 1.807) is 18.3 Å². The molecule has 160 valence electrons. The molecular formula is C24H25N3O4. The summed E-state index contributed by atoms with van der Waals surface area (Å²) >= 11 is 0. The van der Waals surface area contributed by atoms with Crippen LogP contribution >= 0.6 is 0 Å². The summed E-state index contributed by atoms with van der Waals surface area (Å²) in [7, 11) is 0. The van der Waals surface area contributed by atoms with Gasteiger partial charge in [-0.2, -0.15) is 5.10 Å². The predicted molar refractivity (Wildman–Crippen MR) is 122 cm³/mol. The average Bonchev–Trinajstić information content (AvgIpc) is 2.77. The average molecular weight is 419 g/mol. The summed E-state index contributed by atoms with van der Waals surface area (Å²) in [5, 5.41) is 14.9. The number of aryl methyl sites for hydroxylation is 2. The summed E-state index contributed by atoms with van der Waals surface area (Å²) in [6, 6.07) is 19.8. The van der Waals surface area contributed by atoms with Crippen LogP contribution in [0.2, 0.25) is 0 Å². The molecule has 3 aromatic carbocycles. The fourth-order valence-corrected chi connectivity index (χ4v) is 2.98. The summed E-state index contributed by atoms with van der Waals surface area (Å²) < 4.78 is 11.7. The van der Waals surface area contributed by atoms with E-state index in [1.165, 1.54) is 23.3 Å². The van der Waals surface area contributed by atoms with Crippen LogP contribution in [-0.2, 0) is 6.42 Å². The van der Waals surface area contributed by atoms with Crippen molar-refractivity contribution in [1.29, 1.82) is 0 Å². The van der Waals surface area contributed by atoms with Gasteiger partial charge >= 0.3 is 0 Å². The molecule has 0 unspecified atom stereocenters. The van der Waals surface area contributed by atoms with Crippen LogP contribution in [0.4, 0.5) is 11.4 Å². The Morgan fingerprint density at radius 1 is 1.03 bits per heavy atom. The van der Waals surface area contributed by atoms with Gasteiger partial charge in [-0.05, 0) is 60.9 Å². The standard InChI is InChI=1S/C24H25N3O4/c1-3-19-14-18(2)15-23(16-19)30-12-13-31-24-7-5-4-6-20(24)17-25-26-21-8-10-22(11-9-21)27(28)29/h4-11,14-17,26H,3,12-13H2,1-2H3/b25-17+. The van der Waals surface area contributed by atoms with Crippen LogP contribution in [0.3, 0.4) is 0 Å². The van der Waals surface area contributed by atoms with Gasteiger partial charge in [0, 0.05) is 17.7 Å². The Labute approximate surface area is 181 Å². The molecule has 0 aliphatic rings. The Morgan fingerprint density at radius 2 is 1.77 bits per heavy atom. The first kappa shape index (κ1) is 21.8. The van der Waals surface area contributed by atoms with Crippen molar-refractivity contribution in [2.75, 3.05) is 18.6 Å². The molecule has 0 fully saturated rings. The number of hydrazone groups is 1. The zero-order valence-electron chi connectivity index (χ0n) is 17.6. The fourth-order valence-electron chi connectivity index (χ4n) is 2.98. The number of rotatable bonds is 10. The molecule has 0 saturated carbocycles. The number of benzene rings is 3. The van der Waals surface area contributed by atoms with Crippen molar-refractivity contribution in [3.05, 3.63) is 93.5 Å². The van der Waals surface area contributed by atoms with Crippen LogP contribution in [0.1, 0.15) is 23.6 Å². The van der Waals surface area contributed by atoms with E-state index in [4.69, 9.17) is 9.47 Å². The molecule has 0 heterocycles. The summed E-state index contributed by atoms with van der Waals surface area (Å²) in [5.74, 6) is 1.54. The maximum absolute atomic E-state index is 10.7. The first-order valence-corrected chi connectivity index (χ1v) is 10.0. The first-order valence-electron chi connectivity index (χ1n) is 10.0. The van der Waals surface area contributed by atoms with Gasteiger partial charge in [0.05, 0.1) is 16.8 Å². The zero-order chi connectivity index (χ0) is 22.1. The van der Waals surface area contributed by atoms with Gasteiger partial charge in [0.2, 0.25) is 0 Å². The molecule has 7 nitrogen and oxygen atoms in total. The Morgan fingerprint density at radius 3 is 2.52 bits per heavy atom. The summed E-state index contributed by atoms with van der Waals surface area (Å²) in [6.45, 7) is 5.01. The van der Waals surface area contributed by atoms with Crippen molar-refractivity contribution in [2.24, 2.45) is 5.10 Å². The van der Waals surface area contributed by atoms with Gasteiger partial charge in [0.15, 0.2) is 0 Å². The van der Waals surface area contributed by atoms with Crippen molar-refractivity contribution in [3.8, 4) is 11.5 Å². The highest BCUT2D eigenvalue weighted by Crippen LogP contribution is 2.19. The van der Waals surface area contributed by atoms with Crippen molar-refractivity contribution in [3.63, 3.8) is 0 Å². The largest absolute Gasteiger partial charge is 0.490 e. The molecular weight excluding hydrogens is 394 g/mol. The number of nitrogens with zero attached hydrogens (tertiary/aromatic N) is 2. The van der Waals surface area contributed by atoms with E-state index >= 15 is 0 Å². The Balaban J connectivity index is 1.53. The minimum Gasteiger partial charge on any atom is -0.490 e. The van der Waals surface area contributed by atoms with Crippen molar-refractivity contribution >= 4 is 17.6 Å². The van der Waals surface area contributed by atoms with Crippen molar-refractivity contribution in [1.82, 2.24) is 0 Å². The molecule has 0 aromatic heterocycles. The van der Waals surface area contributed by atoms with Gasteiger partial charge < -0.3 is 9.47 Å². The maximum Gasteiger partial charge on any atom is 0.269 e. The second-order valence-electron chi connectivity index (χ2n) is 6.92. The van der Waals surface area contributed by atoms with Crippen LogP contribution in [0.5, 0.6) is 11.5 Å². The van der Waals surface area contributed by atoms with Crippen LogP contribution in [-0.4, -0.2) is 24.4 Å². The third-order valence-corrected chi connectivity index (χ3v) is 4.52. The minimum atomic E-state index is -0.438. The number of nitrogens with one attached hydrogen (secondary N) is 1. The van der Waals surface area contributed by atoms with Crippen LogP contribution in [0.15, 0.2) is 71.8 Å². The van der Waals surface area contributed by atoms with Crippen LogP contribution < -0.4 is 14.9 Å². The topological polar surface area (TPSA) is 86.0 Å². The molecule has 0 spiro atoms. The first-order chi connectivity index (χ1) is 15.0. The third kappa shape index (κ3) is 6.57. The van der Waals surface area contributed by atoms with Crippen molar-refractivity contribution < 1.29 is 14.4 Å². The normalized spacial score (nSPS) is 10.8. The SMILES string of the molecule is CCc1cc(C)cc(OCCOc2ccccc2/C=N/Nc2ccc([N+](=O)[O-])cc2)c1.